The molecule has 0 unspecified atom stereocenters. The van der Waals surface area contributed by atoms with Crippen molar-refractivity contribution in [2.45, 2.75) is 6.54 Å². The highest BCUT2D eigenvalue weighted by Crippen LogP contribution is 2.24. The number of nitro groups is 1. The van der Waals surface area contributed by atoms with Crippen LogP contribution in [0.4, 0.5) is 10.7 Å². The minimum Gasteiger partial charge on any atom is -0.378 e. The van der Waals surface area contributed by atoms with Gasteiger partial charge in [0, 0.05) is 24.2 Å². The summed E-state index contributed by atoms with van der Waals surface area (Å²) in [5.41, 5.74) is 1.62. The lowest BCUT2D eigenvalue weighted by molar-refractivity contribution is -0.380. The molecule has 21 heavy (non-hydrogen) atoms. The summed E-state index contributed by atoms with van der Waals surface area (Å²) < 4.78 is 1.55. The lowest BCUT2D eigenvalue weighted by Gasteiger charge is -2.09. The molecule has 1 N–H and O–H groups in total. The summed E-state index contributed by atoms with van der Waals surface area (Å²) in [4.78, 5) is 18.4. The van der Waals surface area contributed by atoms with Crippen LogP contribution in [-0.4, -0.2) is 24.7 Å². The van der Waals surface area contributed by atoms with Gasteiger partial charge in [-0.25, -0.2) is 14.6 Å². The molecule has 3 heterocycles. The van der Waals surface area contributed by atoms with Crippen LogP contribution in [0.15, 0.2) is 42.4 Å². The largest absolute Gasteiger partial charge is 0.378 e. The molecule has 0 amide bonds. The van der Waals surface area contributed by atoms with Crippen molar-refractivity contribution in [3.05, 3.63) is 58.1 Å². The molecule has 0 aliphatic rings. The molecular weight excluding hydrogens is 292 g/mol. The first-order chi connectivity index (χ1) is 10.2. The van der Waals surface area contributed by atoms with Crippen LogP contribution in [0.25, 0.3) is 5.82 Å². The van der Waals surface area contributed by atoms with Gasteiger partial charge in [-0.15, -0.1) is 0 Å². The van der Waals surface area contributed by atoms with Crippen LogP contribution < -0.4 is 5.32 Å². The van der Waals surface area contributed by atoms with Crippen LogP contribution in [0.2, 0.25) is 0 Å². The van der Waals surface area contributed by atoms with Crippen LogP contribution in [-0.2, 0) is 6.54 Å². The van der Waals surface area contributed by atoms with Crippen molar-refractivity contribution in [2.75, 3.05) is 5.32 Å². The lowest BCUT2D eigenvalue weighted by Crippen LogP contribution is -2.06. The second-order valence-electron chi connectivity index (χ2n) is 4.12. The molecule has 0 spiro atoms. The SMILES string of the molecule is O=[N+]([O-])c1cc(CNc2cccnc2-n2cncn2)cs1. The van der Waals surface area contributed by atoms with E-state index in [4.69, 9.17) is 0 Å². The third kappa shape index (κ3) is 2.87. The summed E-state index contributed by atoms with van der Waals surface area (Å²) in [6, 6.07) is 5.23. The Morgan fingerprint density at radius 2 is 2.38 bits per heavy atom. The van der Waals surface area contributed by atoms with E-state index >= 15 is 0 Å². The van der Waals surface area contributed by atoms with Crippen molar-refractivity contribution >= 4 is 22.0 Å². The molecule has 0 radical (unpaired) electrons. The molecule has 8 nitrogen and oxygen atoms in total. The highest BCUT2D eigenvalue weighted by Gasteiger charge is 2.10. The molecule has 106 valence electrons. The monoisotopic (exact) mass is 302 g/mol. The fourth-order valence-corrected chi connectivity index (χ4v) is 2.51. The number of aromatic nitrogens is 4. The number of hydrogen-bond donors (Lipinski definition) is 1. The Morgan fingerprint density at radius 1 is 1.48 bits per heavy atom. The Balaban J connectivity index is 1.77. The highest BCUT2D eigenvalue weighted by molar-refractivity contribution is 7.13. The number of pyridine rings is 1. The van der Waals surface area contributed by atoms with Gasteiger partial charge in [-0.3, -0.25) is 10.1 Å². The zero-order valence-corrected chi connectivity index (χ0v) is 11.5. The van der Waals surface area contributed by atoms with Gasteiger partial charge in [0.25, 0.3) is 0 Å². The Labute approximate surface area is 123 Å². The van der Waals surface area contributed by atoms with Crippen molar-refractivity contribution in [2.24, 2.45) is 0 Å². The maximum absolute atomic E-state index is 10.7. The lowest BCUT2D eigenvalue weighted by atomic mass is 10.3. The second-order valence-corrected chi connectivity index (χ2v) is 5.01. The fraction of sp³-hybridized carbons (Fsp3) is 0.0833. The Kier molecular flexibility index (Phi) is 3.56. The molecule has 3 aromatic rings. The zero-order valence-electron chi connectivity index (χ0n) is 10.7. The van der Waals surface area contributed by atoms with E-state index in [1.165, 1.54) is 6.33 Å². The zero-order chi connectivity index (χ0) is 14.7. The van der Waals surface area contributed by atoms with E-state index in [9.17, 15) is 10.1 Å². The number of thiophene rings is 1. The maximum Gasteiger partial charge on any atom is 0.324 e. The average Bonchev–Trinajstić information content (AvgIpc) is 3.17. The number of nitrogens with zero attached hydrogens (tertiary/aromatic N) is 5. The van der Waals surface area contributed by atoms with Crippen LogP contribution in [0.3, 0.4) is 0 Å². The van der Waals surface area contributed by atoms with E-state index < -0.39 is 0 Å². The quantitative estimate of drug-likeness (QED) is 0.573. The van der Waals surface area contributed by atoms with Crippen LogP contribution in [0.5, 0.6) is 0 Å². The standard InChI is InChI=1S/C12H10N6O2S/c19-18(20)11-4-9(6-21-11)5-15-10-2-1-3-14-12(10)17-8-13-7-16-17/h1-4,6-8,15H,5H2. The summed E-state index contributed by atoms with van der Waals surface area (Å²) in [6.45, 7) is 0.470. The first-order valence-electron chi connectivity index (χ1n) is 6.00. The number of hydrogen-bond acceptors (Lipinski definition) is 7. The van der Waals surface area contributed by atoms with E-state index in [0.29, 0.717) is 12.4 Å². The topological polar surface area (TPSA) is 98.8 Å². The van der Waals surface area contributed by atoms with E-state index in [1.807, 2.05) is 6.07 Å². The van der Waals surface area contributed by atoms with Gasteiger partial charge in [-0.1, -0.05) is 11.3 Å². The van der Waals surface area contributed by atoms with Crippen LogP contribution in [0, 0.1) is 10.1 Å². The van der Waals surface area contributed by atoms with Gasteiger partial charge in [-0.2, -0.15) is 5.10 Å². The molecule has 0 aromatic carbocycles. The maximum atomic E-state index is 10.7. The molecule has 0 aliphatic heterocycles. The predicted molar refractivity (Wildman–Crippen MR) is 77.5 cm³/mol. The van der Waals surface area contributed by atoms with E-state index in [0.717, 1.165) is 22.6 Å². The Morgan fingerprint density at radius 3 is 3.10 bits per heavy atom. The Bertz CT molecular complexity index is 755. The van der Waals surface area contributed by atoms with E-state index in [-0.39, 0.29) is 9.92 Å². The third-order valence-corrected chi connectivity index (χ3v) is 3.65. The summed E-state index contributed by atoms with van der Waals surface area (Å²) in [7, 11) is 0. The summed E-state index contributed by atoms with van der Waals surface area (Å²) in [5.74, 6) is 0.625. The molecule has 0 aliphatic carbocycles. The second kappa shape index (κ2) is 5.67. The van der Waals surface area contributed by atoms with E-state index in [2.05, 4.69) is 20.4 Å². The molecular formula is C12H10N6O2S. The third-order valence-electron chi connectivity index (χ3n) is 2.73. The summed E-state index contributed by atoms with van der Waals surface area (Å²) in [6.07, 6.45) is 4.65. The van der Waals surface area contributed by atoms with Crippen molar-refractivity contribution in [3.8, 4) is 5.82 Å². The molecule has 0 saturated carbocycles. The number of rotatable bonds is 5. The number of nitrogens with one attached hydrogen (secondary N) is 1. The smallest absolute Gasteiger partial charge is 0.324 e. The molecule has 0 atom stereocenters. The van der Waals surface area contributed by atoms with Crippen molar-refractivity contribution in [1.82, 2.24) is 19.7 Å². The molecule has 3 rings (SSSR count). The van der Waals surface area contributed by atoms with Crippen molar-refractivity contribution < 1.29 is 4.92 Å². The average molecular weight is 302 g/mol. The number of anilines is 1. The van der Waals surface area contributed by atoms with Gasteiger partial charge >= 0.3 is 5.00 Å². The van der Waals surface area contributed by atoms with Gasteiger partial charge in [0.05, 0.1) is 10.6 Å². The highest BCUT2D eigenvalue weighted by atomic mass is 32.1. The predicted octanol–water partition coefficient (Wildman–Crippen LogP) is 2.24. The van der Waals surface area contributed by atoms with Gasteiger partial charge in [0.15, 0.2) is 5.82 Å². The van der Waals surface area contributed by atoms with Gasteiger partial charge in [0.2, 0.25) is 0 Å². The minimum atomic E-state index is -0.390. The van der Waals surface area contributed by atoms with Gasteiger partial charge in [0.1, 0.15) is 12.7 Å². The van der Waals surface area contributed by atoms with Crippen LogP contribution in [0.1, 0.15) is 5.56 Å². The summed E-state index contributed by atoms with van der Waals surface area (Å²) in [5, 5.41) is 19.8. The molecule has 0 fully saturated rings. The van der Waals surface area contributed by atoms with Crippen molar-refractivity contribution in [1.29, 1.82) is 0 Å². The van der Waals surface area contributed by atoms with Gasteiger partial charge < -0.3 is 5.32 Å². The molecule has 3 aromatic heterocycles. The minimum absolute atomic E-state index is 0.134. The Hall–Kier alpha value is -2.81. The summed E-state index contributed by atoms with van der Waals surface area (Å²) >= 11 is 1.11. The first kappa shape index (κ1) is 13.2. The van der Waals surface area contributed by atoms with Crippen molar-refractivity contribution in [3.63, 3.8) is 0 Å². The molecule has 0 saturated heterocycles. The molecule has 9 heteroatoms. The molecule has 0 bridgehead atoms. The van der Waals surface area contributed by atoms with Gasteiger partial charge in [-0.05, 0) is 17.7 Å². The first-order valence-corrected chi connectivity index (χ1v) is 6.87. The van der Waals surface area contributed by atoms with Crippen LogP contribution >= 0.6 is 11.3 Å². The normalized spacial score (nSPS) is 10.5. The van der Waals surface area contributed by atoms with E-state index in [1.54, 1.807) is 34.7 Å². The fourth-order valence-electron chi connectivity index (χ4n) is 1.78.